The molecule has 3 atom stereocenters. The first-order chi connectivity index (χ1) is 8.18. The van der Waals surface area contributed by atoms with Gasteiger partial charge in [0.05, 0.1) is 6.10 Å². The van der Waals surface area contributed by atoms with E-state index in [1.54, 1.807) is 0 Å². The van der Waals surface area contributed by atoms with Crippen molar-refractivity contribution in [2.24, 2.45) is 0 Å². The molecule has 1 fully saturated rings. The lowest BCUT2D eigenvalue weighted by molar-refractivity contribution is 0.0412. The van der Waals surface area contributed by atoms with Crippen molar-refractivity contribution in [2.45, 2.75) is 51.3 Å². The van der Waals surface area contributed by atoms with Crippen LogP contribution in [0.2, 0.25) is 0 Å². The van der Waals surface area contributed by atoms with Gasteiger partial charge in [0.25, 0.3) is 0 Å². The van der Waals surface area contributed by atoms with Crippen LogP contribution in [-0.4, -0.2) is 28.6 Å². The normalized spacial score (nSPS) is 26.4. The zero-order chi connectivity index (χ0) is 12.3. The molecule has 1 N–H and O–H groups in total. The van der Waals surface area contributed by atoms with Crippen LogP contribution in [0.5, 0.6) is 0 Å². The summed E-state index contributed by atoms with van der Waals surface area (Å²) in [5, 5.41) is 10.3. The summed E-state index contributed by atoms with van der Waals surface area (Å²) < 4.78 is 0. The molecule has 102 valence electrons. The highest BCUT2D eigenvalue weighted by Crippen LogP contribution is 2.25. The van der Waals surface area contributed by atoms with Crippen molar-refractivity contribution in [2.75, 3.05) is 6.54 Å². The maximum atomic E-state index is 10.3. The van der Waals surface area contributed by atoms with E-state index in [-0.39, 0.29) is 18.5 Å². The third-order valence-electron chi connectivity index (χ3n) is 3.94. The molecule has 1 aromatic rings. The Morgan fingerprint density at radius 2 is 1.72 bits per heavy atom. The number of likely N-dealkylation sites (tertiary alicyclic amines) is 1. The Hall–Kier alpha value is -0.570. The van der Waals surface area contributed by atoms with Crippen LogP contribution < -0.4 is 0 Å². The van der Waals surface area contributed by atoms with Crippen LogP contribution in [0.25, 0.3) is 0 Å². The fourth-order valence-electron chi connectivity index (χ4n) is 2.81. The maximum Gasteiger partial charge on any atom is 0.0917 e. The molecule has 3 unspecified atom stereocenters. The van der Waals surface area contributed by atoms with Crippen molar-refractivity contribution in [1.82, 2.24) is 4.90 Å². The fourth-order valence-corrected chi connectivity index (χ4v) is 2.81. The molecule has 1 aromatic carbocycles. The molecule has 0 aromatic heterocycles. The van der Waals surface area contributed by atoms with E-state index in [1.807, 2.05) is 30.3 Å². The molecule has 1 heterocycles. The molecule has 3 heteroatoms. The summed E-state index contributed by atoms with van der Waals surface area (Å²) in [7, 11) is 0. The maximum absolute atomic E-state index is 10.3. The minimum Gasteiger partial charge on any atom is -0.387 e. The lowest BCUT2D eigenvalue weighted by atomic mass is 9.96. The highest BCUT2D eigenvalue weighted by molar-refractivity contribution is 5.85. The van der Waals surface area contributed by atoms with E-state index in [0.29, 0.717) is 12.1 Å². The number of halogens is 1. The number of nitrogens with zero attached hydrogens (tertiary/aromatic N) is 1. The van der Waals surface area contributed by atoms with Crippen molar-refractivity contribution in [3.05, 3.63) is 35.9 Å². The molecule has 0 bridgehead atoms. The van der Waals surface area contributed by atoms with E-state index in [2.05, 4.69) is 18.7 Å². The minimum absolute atomic E-state index is 0. The summed E-state index contributed by atoms with van der Waals surface area (Å²) in [6.07, 6.45) is 3.47. The second kappa shape index (κ2) is 7.13. The molecule has 2 rings (SSSR count). The van der Waals surface area contributed by atoms with E-state index >= 15 is 0 Å². The summed E-state index contributed by atoms with van der Waals surface area (Å²) in [4.78, 5) is 2.45. The smallest absolute Gasteiger partial charge is 0.0917 e. The Bertz CT molecular complexity index is 334. The van der Waals surface area contributed by atoms with E-state index in [4.69, 9.17) is 0 Å². The summed E-state index contributed by atoms with van der Waals surface area (Å²) in [6, 6.07) is 11.2. The largest absolute Gasteiger partial charge is 0.387 e. The molecule has 0 saturated carbocycles. The monoisotopic (exact) mass is 269 g/mol. The number of benzene rings is 1. The van der Waals surface area contributed by atoms with Crippen LogP contribution >= 0.6 is 12.4 Å². The van der Waals surface area contributed by atoms with Crippen molar-refractivity contribution in [1.29, 1.82) is 0 Å². The zero-order valence-corrected chi connectivity index (χ0v) is 12.1. The number of aliphatic hydroxyl groups is 1. The van der Waals surface area contributed by atoms with Crippen LogP contribution in [0.15, 0.2) is 30.3 Å². The third kappa shape index (κ3) is 3.71. The number of β-amino-alcohol motifs (C(OH)–C–C–N with tert-alkyl or cyclic N) is 1. The summed E-state index contributed by atoms with van der Waals surface area (Å²) in [5.74, 6) is 0. The molecule has 0 aliphatic carbocycles. The van der Waals surface area contributed by atoms with Gasteiger partial charge in [-0.2, -0.15) is 0 Å². The number of rotatable bonds is 3. The van der Waals surface area contributed by atoms with Gasteiger partial charge in [-0.3, -0.25) is 4.90 Å². The molecule has 0 radical (unpaired) electrons. The van der Waals surface area contributed by atoms with E-state index in [1.165, 1.54) is 19.3 Å². The van der Waals surface area contributed by atoms with Gasteiger partial charge in [-0.25, -0.2) is 0 Å². The predicted octanol–water partition coefficient (Wildman–Crippen LogP) is 3.40. The van der Waals surface area contributed by atoms with Crippen LogP contribution in [0.4, 0.5) is 0 Å². The first-order valence-electron chi connectivity index (χ1n) is 6.67. The van der Waals surface area contributed by atoms with Crippen LogP contribution in [0.1, 0.15) is 44.8 Å². The van der Waals surface area contributed by atoms with Gasteiger partial charge in [-0.15, -0.1) is 12.4 Å². The Kier molecular flexibility index (Phi) is 6.13. The molecule has 0 amide bonds. The predicted molar refractivity (Wildman–Crippen MR) is 78.1 cm³/mol. The second-order valence-corrected chi connectivity index (χ2v) is 5.25. The van der Waals surface area contributed by atoms with Gasteiger partial charge in [0, 0.05) is 18.6 Å². The Morgan fingerprint density at radius 3 is 2.28 bits per heavy atom. The highest BCUT2D eigenvalue weighted by Gasteiger charge is 2.26. The highest BCUT2D eigenvalue weighted by atomic mass is 35.5. The van der Waals surface area contributed by atoms with Crippen molar-refractivity contribution >= 4 is 12.4 Å². The van der Waals surface area contributed by atoms with E-state index < -0.39 is 0 Å². The SMILES string of the molecule is CC1CCCC(C)N1CC(O)c1ccccc1.Cl. The van der Waals surface area contributed by atoms with Crippen molar-refractivity contribution in [3.8, 4) is 0 Å². The van der Waals surface area contributed by atoms with Crippen LogP contribution in [0, 0.1) is 0 Å². The van der Waals surface area contributed by atoms with Crippen molar-refractivity contribution in [3.63, 3.8) is 0 Å². The Labute approximate surface area is 116 Å². The lowest BCUT2D eigenvalue weighted by Crippen LogP contribution is -2.45. The quantitative estimate of drug-likeness (QED) is 0.909. The van der Waals surface area contributed by atoms with Gasteiger partial charge in [-0.05, 0) is 32.3 Å². The summed E-state index contributed by atoms with van der Waals surface area (Å²) in [5.41, 5.74) is 1.03. The Balaban J connectivity index is 0.00000162. The lowest BCUT2D eigenvalue weighted by Gasteiger charge is -2.40. The number of hydrogen-bond donors (Lipinski definition) is 1. The van der Waals surface area contributed by atoms with E-state index in [0.717, 1.165) is 12.1 Å². The van der Waals surface area contributed by atoms with Crippen LogP contribution in [-0.2, 0) is 0 Å². The van der Waals surface area contributed by atoms with Gasteiger partial charge in [0.1, 0.15) is 0 Å². The third-order valence-corrected chi connectivity index (χ3v) is 3.94. The molecule has 0 spiro atoms. The molecule has 2 nitrogen and oxygen atoms in total. The van der Waals surface area contributed by atoms with Gasteiger partial charge >= 0.3 is 0 Å². The standard InChI is InChI=1S/C15H23NO.ClH/c1-12-7-6-8-13(2)16(12)11-15(17)14-9-4-3-5-10-14;/h3-5,9-10,12-13,15,17H,6-8,11H2,1-2H3;1H. The minimum atomic E-state index is -0.362. The molecule has 18 heavy (non-hydrogen) atoms. The average Bonchev–Trinajstić information content (AvgIpc) is 2.35. The molecule has 1 aliphatic rings. The number of piperidine rings is 1. The van der Waals surface area contributed by atoms with E-state index in [9.17, 15) is 5.11 Å². The van der Waals surface area contributed by atoms with Gasteiger partial charge < -0.3 is 5.11 Å². The average molecular weight is 270 g/mol. The molecular formula is C15H24ClNO. The summed E-state index contributed by atoms with van der Waals surface area (Å²) in [6.45, 7) is 5.30. The summed E-state index contributed by atoms with van der Waals surface area (Å²) >= 11 is 0. The molecule has 1 saturated heterocycles. The van der Waals surface area contributed by atoms with Gasteiger partial charge in [0.15, 0.2) is 0 Å². The molecule has 1 aliphatic heterocycles. The van der Waals surface area contributed by atoms with Gasteiger partial charge in [0.2, 0.25) is 0 Å². The second-order valence-electron chi connectivity index (χ2n) is 5.25. The first kappa shape index (κ1) is 15.5. The number of aliphatic hydroxyl groups excluding tert-OH is 1. The van der Waals surface area contributed by atoms with Crippen LogP contribution in [0.3, 0.4) is 0 Å². The molecular weight excluding hydrogens is 246 g/mol. The topological polar surface area (TPSA) is 23.5 Å². The fraction of sp³-hybridized carbons (Fsp3) is 0.600. The Morgan fingerprint density at radius 1 is 1.17 bits per heavy atom. The van der Waals surface area contributed by atoms with Gasteiger partial charge in [-0.1, -0.05) is 36.8 Å². The number of hydrogen-bond acceptors (Lipinski definition) is 2. The zero-order valence-electron chi connectivity index (χ0n) is 11.2. The van der Waals surface area contributed by atoms with Crippen molar-refractivity contribution < 1.29 is 5.11 Å². The first-order valence-corrected chi connectivity index (χ1v) is 6.67.